The summed E-state index contributed by atoms with van der Waals surface area (Å²) in [5.41, 5.74) is 1.27. The number of nitrogens with zero attached hydrogens (tertiary/aromatic N) is 4. The van der Waals surface area contributed by atoms with Crippen molar-refractivity contribution in [3.05, 3.63) is 24.3 Å². The van der Waals surface area contributed by atoms with Crippen molar-refractivity contribution in [3.8, 4) is 0 Å². The lowest BCUT2D eigenvalue weighted by molar-refractivity contribution is 0.233. The zero-order valence-electron chi connectivity index (χ0n) is 10.1. The molecule has 0 unspecified atom stereocenters. The molecule has 1 aliphatic heterocycles. The van der Waals surface area contributed by atoms with E-state index < -0.39 is 0 Å². The Morgan fingerprint density at radius 1 is 1.47 bits per heavy atom. The molecule has 0 bridgehead atoms. The maximum Gasteiger partial charge on any atom is 0.147 e. The first-order valence-corrected chi connectivity index (χ1v) is 6.30. The van der Waals surface area contributed by atoms with Crippen LogP contribution in [0, 0.1) is 0 Å². The second-order valence-electron chi connectivity index (χ2n) is 5.06. The Morgan fingerprint density at radius 2 is 2.35 bits per heavy atom. The average molecular weight is 233 g/mol. The zero-order chi connectivity index (χ0) is 11.7. The molecular weight excluding hydrogens is 214 g/mol. The SMILES string of the molecule is C=C(CNC1CC1)CN1CCn2cnnc2C1. The zero-order valence-corrected chi connectivity index (χ0v) is 10.1. The van der Waals surface area contributed by atoms with Crippen molar-refractivity contribution in [2.45, 2.75) is 32.0 Å². The van der Waals surface area contributed by atoms with Crippen molar-refractivity contribution in [3.63, 3.8) is 0 Å². The van der Waals surface area contributed by atoms with Gasteiger partial charge in [0.1, 0.15) is 12.2 Å². The maximum atomic E-state index is 4.15. The summed E-state index contributed by atoms with van der Waals surface area (Å²) in [5, 5.41) is 11.6. The van der Waals surface area contributed by atoms with Gasteiger partial charge in [-0.1, -0.05) is 6.58 Å². The molecule has 0 atom stereocenters. The van der Waals surface area contributed by atoms with Crippen LogP contribution in [-0.2, 0) is 13.1 Å². The Kier molecular flexibility index (Phi) is 2.94. The highest BCUT2D eigenvalue weighted by Gasteiger charge is 2.21. The molecule has 92 valence electrons. The van der Waals surface area contributed by atoms with Crippen LogP contribution < -0.4 is 5.32 Å². The molecule has 1 aromatic heterocycles. The predicted molar refractivity (Wildman–Crippen MR) is 65.5 cm³/mol. The van der Waals surface area contributed by atoms with Gasteiger partial charge in [0.2, 0.25) is 0 Å². The molecule has 1 aromatic rings. The third-order valence-corrected chi connectivity index (χ3v) is 3.38. The third-order valence-electron chi connectivity index (χ3n) is 3.38. The molecule has 5 nitrogen and oxygen atoms in total. The van der Waals surface area contributed by atoms with E-state index >= 15 is 0 Å². The quantitative estimate of drug-likeness (QED) is 0.748. The van der Waals surface area contributed by atoms with Crippen LogP contribution in [0.3, 0.4) is 0 Å². The summed E-state index contributed by atoms with van der Waals surface area (Å²) in [6.07, 6.45) is 4.48. The number of rotatable bonds is 5. The highest BCUT2D eigenvalue weighted by molar-refractivity contribution is 5.03. The van der Waals surface area contributed by atoms with E-state index in [0.29, 0.717) is 0 Å². The summed E-state index contributed by atoms with van der Waals surface area (Å²) in [6, 6.07) is 0.760. The van der Waals surface area contributed by atoms with Crippen LogP contribution in [0.4, 0.5) is 0 Å². The van der Waals surface area contributed by atoms with E-state index in [1.165, 1.54) is 18.4 Å². The molecule has 3 rings (SSSR count). The molecule has 0 amide bonds. The van der Waals surface area contributed by atoms with Gasteiger partial charge in [0.25, 0.3) is 0 Å². The van der Waals surface area contributed by atoms with Crippen molar-refractivity contribution in [1.29, 1.82) is 0 Å². The highest BCUT2D eigenvalue weighted by Crippen LogP contribution is 2.18. The summed E-state index contributed by atoms with van der Waals surface area (Å²) >= 11 is 0. The minimum Gasteiger partial charge on any atom is -0.315 e. The average Bonchev–Trinajstić information content (AvgIpc) is 3.04. The van der Waals surface area contributed by atoms with Crippen LogP contribution in [0.2, 0.25) is 0 Å². The van der Waals surface area contributed by atoms with Gasteiger partial charge in [0.05, 0.1) is 6.54 Å². The van der Waals surface area contributed by atoms with E-state index in [-0.39, 0.29) is 0 Å². The number of fused-ring (bicyclic) bond motifs is 1. The standard InChI is InChI=1S/C12H19N5/c1-10(6-13-11-2-3-11)7-16-4-5-17-9-14-15-12(17)8-16/h9,11,13H,1-8H2. The predicted octanol–water partition coefficient (Wildman–Crippen LogP) is 0.402. The van der Waals surface area contributed by atoms with Crippen molar-refractivity contribution in [2.24, 2.45) is 0 Å². The van der Waals surface area contributed by atoms with Crippen LogP contribution in [0.15, 0.2) is 18.5 Å². The molecule has 17 heavy (non-hydrogen) atoms. The van der Waals surface area contributed by atoms with E-state index in [4.69, 9.17) is 0 Å². The van der Waals surface area contributed by atoms with Gasteiger partial charge in [0, 0.05) is 32.2 Å². The molecule has 0 spiro atoms. The van der Waals surface area contributed by atoms with Crippen LogP contribution in [0.1, 0.15) is 18.7 Å². The number of aromatic nitrogens is 3. The summed E-state index contributed by atoms with van der Waals surface area (Å²) < 4.78 is 2.13. The van der Waals surface area contributed by atoms with Gasteiger partial charge in [-0.15, -0.1) is 10.2 Å². The van der Waals surface area contributed by atoms with E-state index in [0.717, 1.165) is 44.6 Å². The molecule has 1 saturated carbocycles. The Labute approximate surface area is 102 Å². The van der Waals surface area contributed by atoms with Gasteiger partial charge in [-0.25, -0.2) is 0 Å². The highest BCUT2D eigenvalue weighted by atomic mass is 15.3. The van der Waals surface area contributed by atoms with Crippen LogP contribution >= 0.6 is 0 Å². The fourth-order valence-corrected chi connectivity index (χ4v) is 2.20. The van der Waals surface area contributed by atoms with Crippen LogP contribution in [-0.4, -0.2) is 45.3 Å². The summed E-state index contributed by atoms with van der Waals surface area (Å²) in [5.74, 6) is 1.07. The first-order chi connectivity index (χ1) is 8.31. The van der Waals surface area contributed by atoms with Crippen LogP contribution in [0.5, 0.6) is 0 Å². The normalized spacial score (nSPS) is 20.2. The second-order valence-corrected chi connectivity index (χ2v) is 5.06. The van der Waals surface area contributed by atoms with Crippen molar-refractivity contribution < 1.29 is 0 Å². The summed E-state index contributed by atoms with van der Waals surface area (Å²) in [4.78, 5) is 2.39. The molecule has 1 N–H and O–H groups in total. The summed E-state index contributed by atoms with van der Waals surface area (Å²) in [6.45, 7) is 9.01. The molecule has 0 radical (unpaired) electrons. The van der Waals surface area contributed by atoms with E-state index in [2.05, 4.69) is 31.6 Å². The lowest BCUT2D eigenvalue weighted by Crippen LogP contribution is -2.36. The Balaban J connectivity index is 1.47. The fraction of sp³-hybridized carbons (Fsp3) is 0.667. The van der Waals surface area contributed by atoms with Gasteiger partial charge >= 0.3 is 0 Å². The number of hydrogen-bond donors (Lipinski definition) is 1. The van der Waals surface area contributed by atoms with Gasteiger partial charge in [-0.3, -0.25) is 4.90 Å². The number of nitrogens with one attached hydrogen (secondary N) is 1. The Morgan fingerprint density at radius 3 is 3.18 bits per heavy atom. The molecule has 2 aliphatic rings. The van der Waals surface area contributed by atoms with Gasteiger partial charge < -0.3 is 9.88 Å². The molecule has 1 aliphatic carbocycles. The summed E-state index contributed by atoms with van der Waals surface area (Å²) in [7, 11) is 0. The third kappa shape index (κ3) is 2.73. The first kappa shape index (κ1) is 10.9. The maximum absolute atomic E-state index is 4.15. The molecule has 1 fully saturated rings. The van der Waals surface area contributed by atoms with Crippen molar-refractivity contribution in [1.82, 2.24) is 25.0 Å². The molecule has 5 heteroatoms. The monoisotopic (exact) mass is 233 g/mol. The van der Waals surface area contributed by atoms with Gasteiger partial charge in [-0.2, -0.15) is 0 Å². The topological polar surface area (TPSA) is 46.0 Å². The Hall–Kier alpha value is -1.20. The molecule has 0 aromatic carbocycles. The van der Waals surface area contributed by atoms with Crippen molar-refractivity contribution >= 4 is 0 Å². The van der Waals surface area contributed by atoms with Crippen LogP contribution in [0.25, 0.3) is 0 Å². The largest absolute Gasteiger partial charge is 0.315 e. The molecule has 2 heterocycles. The molecule has 0 saturated heterocycles. The van der Waals surface area contributed by atoms with Gasteiger partial charge in [0.15, 0.2) is 0 Å². The second kappa shape index (κ2) is 4.58. The lowest BCUT2D eigenvalue weighted by atomic mass is 10.2. The van der Waals surface area contributed by atoms with Crippen molar-refractivity contribution in [2.75, 3.05) is 19.6 Å². The smallest absolute Gasteiger partial charge is 0.147 e. The lowest BCUT2D eigenvalue weighted by Gasteiger charge is -2.27. The van der Waals surface area contributed by atoms with Gasteiger partial charge in [-0.05, 0) is 18.4 Å². The van der Waals surface area contributed by atoms with E-state index in [1.54, 1.807) is 0 Å². The van der Waals surface area contributed by atoms with E-state index in [9.17, 15) is 0 Å². The first-order valence-electron chi connectivity index (χ1n) is 6.30. The number of hydrogen-bond acceptors (Lipinski definition) is 4. The fourth-order valence-electron chi connectivity index (χ4n) is 2.20. The minimum absolute atomic E-state index is 0.760. The Bertz CT molecular complexity index is 407. The van der Waals surface area contributed by atoms with E-state index in [1.807, 2.05) is 6.33 Å². The molecular formula is C12H19N5. The minimum atomic E-state index is 0.760.